The van der Waals surface area contributed by atoms with Crippen LogP contribution in [0.15, 0.2) is 36.0 Å². The first-order valence-electron chi connectivity index (χ1n) is 9.50. The molecule has 4 aliphatic carbocycles. The lowest BCUT2D eigenvalue weighted by molar-refractivity contribution is -0.0448. The smallest absolute Gasteiger partial charge is 0.280 e. The van der Waals surface area contributed by atoms with Crippen LogP contribution < -0.4 is 10.6 Å². The van der Waals surface area contributed by atoms with E-state index in [2.05, 4.69) is 20.6 Å². The number of nitrogens with one attached hydrogen (secondary N) is 2. The highest BCUT2D eigenvalue weighted by Crippen LogP contribution is 2.57. The molecule has 4 aliphatic rings. The van der Waals surface area contributed by atoms with Crippen LogP contribution >= 0.6 is 11.3 Å². The molecule has 2 amide bonds. The van der Waals surface area contributed by atoms with Gasteiger partial charge in [-0.1, -0.05) is 6.07 Å². The van der Waals surface area contributed by atoms with Crippen molar-refractivity contribution in [2.75, 3.05) is 0 Å². The fraction of sp³-hybridized carbons (Fsp3) is 0.500. The summed E-state index contributed by atoms with van der Waals surface area (Å²) in [6.45, 7) is 0. The Morgan fingerprint density at radius 1 is 0.963 bits per heavy atom. The van der Waals surface area contributed by atoms with Crippen molar-refractivity contribution in [2.24, 2.45) is 11.8 Å². The predicted molar refractivity (Wildman–Crippen MR) is 101 cm³/mol. The molecule has 6 rings (SSSR count). The summed E-state index contributed by atoms with van der Waals surface area (Å²) in [6, 6.07) is 5.39. The first-order chi connectivity index (χ1) is 13.0. The van der Waals surface area contributed by atoms with E-state index in [0.29, 0.717) is 22.5 Å². The molecule has 0 aliphatic heterocycles. The summed E-state index contributed by atoms with van der Waals surface area (Å²) in [5, 5.41) is 8.95. The molecule has 4 saturated carbocycles. The predicted octanol–water partition coefficient (Wildman–Crippen LogP) is 2.79. The molecule has 6 nitrogen and oxygen atoms in total. The van der Waals surface area contributed by atoms with Crippen LogP contribution in [-0.4, -0.2) is 32.9 Å². The van der Waals surface area contributed by atoms with Gasteiger partial charge in [-0.05, 0) is 62.5 Å². The highest BCUT2D eigenvalue weighted by Gasteiger charge is 2.58. The van der Waals surface area contributed by atoms with Crippen molar-refractivity contribution in [3.8, 4) is 0 Å². The molecule has 140 valence electrons. The van der Waals surface area contributed by atoms with Gasteiger partial charge in [0.05, 0.1) is 0 Å². The molecule has 4 fully saturated rings. The SMILES string of the molecule is O=C(NC12CC3CC(C1)CC(NC(=O)c1nccs1)(C3)C2)c1ccccn1. The monoisotopic (exact) mass is 382 g/mol. The average Bonchev–Trinajstić information content (AvgIpc) is 3.15. The zero-order chi connectivity index (χ0) is 18.5. The third-order valence-corrected chi connectivity index (χ3v) is 7.11. The van der Waals surface area contributed by atoms with Gasteiger partial charge in [-0.3, -0.25) is 14.6 Å². The van der Waals surface area contributed by atoms with Crippen LogP contribution in [0.25, 0.3) is 0 Å². The van der Waals surface area contributed by atoms with E-state index in [9.17, 15) is 9.59 Å². The van der Waals surface area contributed by atoms with Gasteiger partial charge in [0.1, 0.15) is 5.69 Å². The second-order valence-electron chi connectivity index (χ2n) is 8.48. The standard InChI is InChI=1S/C20H22N4O2S/c25-16(15-3-1-2-4-21-15)23-19-8-13-7-14(9-19)11-20(10-13,12-19)24-17(26)18-22-5-6-27-18/h1-6,13-14H,7-12H2,(H,23,25)(H,24,26). The molecular formula is C20H22N4O2S. The minimum Gasteiger partial charge on any atom is -0.345 e. The largest absolute Gasteiger partial charge is 0.345 e. The third-order valence-electron chi connectivity index (χ3n) is 6.34. The quantitative estimate of drug-likeness (QED) is 0.852. The molecule has 2 heterocycles. The summed E-state index contributed by atoms with van der Waals surface area (Å²) >= 11 is 1.37. The van der Waals surface area contributed by atoms with Crippen molar-refractivity contribution in [1.82, 2.24) is 20.6 Å². The molecule has 0 saturated heterocycles. The van der Waals surface area contributed by atoms with Crippen molar-refractivity contribution in [1.29, 1.82) is 0 Å². The maximum atomic E-state index is 12.8. The van der Waals surface area contributed by atoms with Gasteiger partial charge < -0.3 is 10.6 Å². The molecule has 7 heteroatoms. The first-order valence-corrected chi connectivity index (χ1v) is 10.4. The molecule has 2 unspecified atom stereocenters. The van der Waals surface area contributed by atoms with Crippen molar-refractivity contribution in [3.63, 3.8) is 0 Å². The van der Waals surface area contributed by atoms with Crippen molar-refractivity contribution in [2.45, 2.75) is 49.6 Å². The van der Waals surface area contributed by atoms with E-state index in [-0.39, 0.29) is 22.9 Å². The Hall–Kier alpha value is -2.28. The Balaban J connectivity index is 1.38. The van der Waals surface area contributed by atoms with Crippen LogP contribution in [-0.2, 0) is 0 Å². The topological polar surface area (TPSA) is 84.0 Å². The summed E-state index contributed by atoms with van der Waals surface area (Å²) in [6.07, 6.45) is 9.30. The van der Waals surface area contributed by atoms with E-state index < -0.39 is 0 Å². The minimum atomic E-state index is -0.241. The number of rotatable bonds is 4. The third kappa shape index (κ3) is 3.04. The Bertz CT molecular complexity index is 853. The molecule has 2 N–H and O–H groups in total. The molecule has 0 spiro atoms. The van der Waals surface area contributed by atoms with E-state index in [1.165, 1.54) is 17.8 Å². The van der Waals surface area contributed by atoms with Crippen LogP contribution in [0, 0.1) is 11.8 Å². The van der Waals surface area contributed by atoms with Gasteiger partial charge in [-0.25, -0.2) is 4.98 Å². The molecule has 0 radical (unpaired) electrons. The lowest BCUT2D eigenvalue weighted by Gasteiger charge is -2.62. The number of carbonyl (C=O) groups excluding carboxylic acids is 2. The zero-order valence-corrected chi connectivity index (χ0v) is 15.8. The van der Waals surface area contributed by atoms with Crippen LogP contribution in [0.2, 0.25) is 0 Å². The van der Waals surface area contributed by atoms with E-state index in [4.69, 9.17) is 0 Å². The van der Waals surface area contributed by atoms with Crippen LogP contribution in [0.5, 0.6) is 0 Å². The lowest BCUT2D eigenvalue weighted by Crippen LogP contribution is -2.69. The van der Waals surface area contributed by atoms with E-state index in [0.717, 1.165) is 32.1 Å². The van der Waals surface area contributed by atoms with Gasteiger partial charge in [0.15, 0.2) is 5.01 Å². The summed E-state index contributed by atoms with van der Waals surface area (Å²) < 4.78 is 0. The average molecular weight is 382 g/mol. The normalized spacial score (nSPS) is 33.6. The highest BCUT2D eigenvalue weighted by molar-refractivity contribution is 7.11. The van der Waals surface area contributed by atoms with Crippen LogP contribution in [0.4, 0.5) is 0 Å². The van der Waals surface area contributed by atoms with Gasteiger partial charge in [0, 0.05) is 28.9 Å². The van der Waals surface area contributed by atoms with Gasteiger partial charge >= 0.3 is 0 Å². The molecule has 27 heavy (non-hydrogen) atoms. The number of pyridine rings is 1. The number of hydrogen-bond donors (Lipinski definition) is 2. The molecule has 2 aromatic rings. The molecule has 2 aromatic heterocycles. The lowest BCUT2D eigenvalue weighted by atomic mass is 9.50. The van der Waals surface area contributed by atoms with Crippen LogP contribution in [0.1, 0.15) is 58.8 Å². The number of amides is 2. The van der Waals surface area contributed by atoms with Crippen LogP contribution in [0.3, 0.4) is 0 Å². The number of nitrogens with zero attached hydrogens (tertiary/aromatic N) is 2. The number of thiazole rings is 1. The fourth-order valence-corrected chi connectivity index (χ4v) is 6.52. The summed E-state index contributed by atoms with van der Waals surface area (Å²) in [4.78, 5) is 33.8. The van der Waals surface area contributed by atoms with E-state index in [1.54, 1.807) is 18.5 Å². The first kappa shape index (κ1) is 16.9. The van der Waals surface area contributed by atoms with Crippen molar-refractivity contribution < 1.29 is 9.59 Å². The van der Waals surface area contributed by atoms with Gasteiger partial charge in [-0.2, -0.15) is 0 Å². The number of hydrogen-bond acceptors (Lipinski definition) is 5. The molecule has 0 aromatic carbocycles. The Morgan fingerprint density at radius 3 is 2.26 bits per heavy atom. The number of aromatic nitrogens is 2. The summed E-state index contributed by atoms with van der Waals surface area (Å²) in [7, 11) is 0. The fourth-order valence-electron chi connectivity index (χ4n) is 5.99. The molecule has 2 atom stereocenters. The van der Waals surface area contributed by atoms with Gasteiger partial charge in [-0.15, -0.1) is 11.3 Å². The van der Waals surface area contributed by atoms with Gasteiger partial charge in [0.2, 0.25) is 0 Å². The maximum Gasteiger partial charge on any atom is 0.280 e. The Morgan fingerprint density at radius 2 is 1.67 bits per heavy atom. The number of carbonyl (C=O) groups is 2. The Labute approximate surface area is 161 Å². The minimum absolute atomic E-state index is 0.0850. The molecule has 4 bridgehead atoms. The summed E-state index contributed by atoms with van der Waals surface area (Å²) in [5.41, 5.74) is -0.0202. The highest BCUT2D eigenvalue weighted by atomic mass is 32.1. The van der Waals surface area contributed by atoms with E-state index in [1.807, 2.05) is 17.5 Å². The Kier molecular flexibility index (Phi) is 3.82. The second-order valence-corrected chi connectivity index (χ2v) is 9.38. The second kappa shape index (κ2) is 6.12. The van der Waals surface area contributed by atoms with E-state index >= 15 is 0 Å². The van der Waals surface area contributed by atoms with Gasteiger partial charge in [0.25, 0.3) is 11.8 Å². The van der Waals surface area contributed by atoms with Crippen molar-refractivity contribution in [3.05, 3.63) is 46.7 Å². The summed E-state index contributed by atoms with van der Waals surface area (Å²) in [5.74, 6) is 0.899. The van der Waals surface area contributed by atoms with Crippen molar-refractivity contribution >= 4 is 23.2 Å². The molecular weight excluding hydrogens is 360 g/mol. The maximum absolute atomic E-state index is 12.8. The zero-order valence-electron chi connectivity index (χ0n) is 15.0.